The lowest BCUT2D eigenvalue weighted by Crippen LogP contribution is -2.12. The van der Waals surface area contributed by atoms with Crippen molar-refractivity contribution in [2.24, 2.45) is 0 Å². The summed E-state index contributed by atoms with van der Waals surface area (Å²) in [5.74, 6) is 0.668. The van der Waals surface area contributed by atoms with E-state index in [1.165, 1.54) is 0 Å². The molecule has 18 heavy (non-hydrogen) atoms. The highest BCUT2D eigenvalue weighted by atomic mass is 79.9. The lowest BCUT2D eigenvalue weighted by atomic mass is 10.1. The molecule has 0 saturated carbocycles. The highest BCUT2D eigenvalue weighted by Gasteiger charge is 2.14. The molecule has 0 fully saturated rings. The summed E-state index contributed by atoms with van der Waals surface area (Å²) in [7, 11) is 0. The second kappa shape index (κ2) is 5.44. The first-order chi connectivity index (χ1) is 8.60. The second-order valence-corrected chi connectivity index (χ2v) is 5.14. The van der Waals surface area contributed by atoms with Crippen LogP contribution >= 0.6 is 15.9 Å². The molecule has 5 heteroatoms. The third-order valence-corrected chi connectivity index (χ3v) is 3.25. The summed E-state index contributed by atoms with van der Waals surface area (Å²) in [6, 6.07) is 3.76. The number of pyridine rings is 1. The molecule has 1 atom stereocenters. The van der Waals surface area contributed by atoms with Gasteiger partial charge in [0.15, 0.2) is 0 Å². The Labute approximate surface area is 114 Å². The van der Waals surface area contributed by atoms with Gasteiger partial charge < -0.3 is 9.36 Å². The number of carbonyl (C=O) groups excluding carboxylic acids is 1. The SMILES string of the molecule is Cc1cn(CC(C=O)c2ccc(Br)cn2)c(C)n1. The van der Waals surface area contributed by atoms with Crippen LogP contribution in [-0.2, 0) is 11.3 Å². The first kappa shape index (κ1) is 13.0. The van der Waals surface area contributed by atoms with Crippen LogP contribution in [0.5, 0.6) is 0 Å². The standard InChI is InChI=1S/C13H14BrN3O/c1-9-6-17(10(2)16-9)7-11(8-18)13-4-3-12(14)5-15-13/h3-6,8,11H,7H2,1-2H3. The van der Waals surface area contributed by atoms with Gasteiger partial charge in [-0.25, -0.2) is 4.98 Å². The van der Waals surface area contributed by atoms with Crippen molar-refractivity contribution in [3.63, 3.8) is 0 Å². The fourth-order valence-corrected chi connectivity index (χ4v) is 2.11. The molecule has 94 valence electrons. The number of nitrogens with zero attached hydrogens (tertiary/aromatic N) is 3. The number of rotatable bonds is 4. The molecule has 0 aliphatic heterocycles. The van der Waals surface area contributed by atoms with Crippen LogP contribution < -0.4 is 0 Å². The van der Waals surface area contributed by atoms with Crippen molar-refractivity contribution < 1.29 is 4.79 Å². The Morgan fingerprint density at radius 3 is 2.72 bits per heavy atom. The summed E-state index contributed by atoms with van der Waals surface area (Å²) in [6.45, 7) is 4.45. The highest BCUT2D eigenvalue weighted by Crippen LogP contribution is 2.17. The zero-order valence-electron chi connectivity index (χ0n) is 10.3. The molecule has 0 radical (unpaired) electrons. The molecule has 0 aliphatic rings. The van der Waals surface area contributed by atoms with E-state index in [9.17, 15) is 4.79 Å². The molecule has 0 N–H and O–H groups in total. The lowest BCUT2D eigenvalue weighted by Gasteiger charge is -2.11. The van der Waals surface area contributed by atoms with Crippen LogP contribution in [0.4, 0.5) is 0 Å². The Morgan fingerprint density at radius 1 is 1.44 bits per heavy atom. The topological polar surface area (TPSA) is 47.8 Å². The van der Waals surface area contributed by atoms with Gasteiger partial charge >= 0.3 is 0 Å². The first-order valence-electron chi connectivity index (χ1n) is 5.67. The monoisotopic (exact) mass is 307 g/mol. The van der Waals surface area contributed by atoms with E-state index in [0.717, 1.165) is 28.0 Å². The van der Waals surface area contributed by atoms with Crippen LogP contribution in [0.15, 0.2) is 29.0 Å². The molecule has 0 saturated heterocycles. The zero-order chi connectivity index (χ0) is 13.1. The zero-order valence-corrected chi connectivity index (χ0v) is 11.9. The Bertz CT molecular complexity index is 548. The molecule has 1 unspecified atom stereocenters. The van der Waals surface area contributed by atoms with Crippen molar-refractivity contribution >= 4 is 22.2 Å². The van der Waals surface area contributed by atoms with Crippen molar-refractivity contribution in [3.05, 3.63) is 46.2 Å². The van der Waals surface area contributed by atoms with Crippen LogP contribution in [0, 0.1) is 13.8 Å². The summed E-state index contributed by atoms with van der Waals surface area (Å²) >= 11 is 3.33. The molecule has 2 aromatic rings. The average molecular weight is 308 g/mol. The molecule has 0 bridgehead atoms. The Morgan fingerprint density at radius 2 is 2.22 bits per heavy atom. The first-order valence-corrected chi connectivity index (χ1v) is 6.46. The molecule has 0 amide bonds. The van der Waals surface area contributed by atoms with Crippen molar-refractivity contribution in [2.75, 3.05) is 0 Å². The largest absolute Gasteiger partial charge is 0.334 e. The van der Waals surface area contributed by atoms with Gasteiger partial charge in [0, 0.05) is 23.4 Å². The molecule has 2 aromatic heterocycles. The van der Waals surface area contributed by atoms with Gasteiger partial charge in [0.25, 0.3) is 0 Å². The molecule has 0 aromatic carbocycles. The molecule has 2 heterocycles. The van der Waals surface area contributed by atoms with Crippen molar-refractivity contribution in [1.29, 1.82) is 0 Å². The van der Waals surface area contributed by atoms with Crippen LogP contribution in [0.2, 0.25) is 0 Å². The number of imidazole rings is 1. The second-order valence-electron chi connectivity index (χ2n) is 4.23. The molecule has 0 aliphatic carbocycles. The van der Waals surface area contributed by atoms with Crippen LogP contribution in [-0.4, -0.2) is 20.8 Å². The molecule has 4 nitrogen and oxygen atoms in total. The maximum absolute atomic E-state index is 11.2. The van der Waals surface area contributed by atoms with E-state index in [0.29, 0.717) is 6.54 Å². The van der Waals surface area contributed by atoms with Gasteiger partial charge in [0.05, 0.1) is 17.3 Å². The van der Waals surface area contributed by atoms with E-state index in [1.807, 2.05) is 36.7 Å². The third-order valence-electron chi connectivity index (χ3n) is 2.78. The minimum Gasteiger partial charge on any atom is -0.334 e. The van der Waals surface area contributed by atoms with E-state index in [-0.39, 0.29) is 5.92 Å². The van der Waals surface area contributed by atoms with E-state index in [2.05, 4.69) is 25.9 Å². The van der Waals surface area contributed by atoms with Crippen molar-refractivity contribution in [2.45, 2.75) is 26.3 Å². The van der Waals surface area contributed by atoms with E-state index in [1.54, 1.807) is 6.20 Å². The fourth-order valence-electron chi connectivity index (χ4n) is 1.88. The Balaban J connectivity index is 2.22. The van der Waals surface area contributed by atoms with Crippen LogP contribution in [0.3, 0.4) is 0 Å². The number of hydrogen-bond donors (Lipinski definition) is 0. The van der Waals surface area contributed by atoms with E-state index >= 15 is 0 Å². The van der Waals surface area contributed by atoms with Gasteiger partial charge in [-0.3, -0.25) is 4.98 Å². The molecular formula is C13H14BrN3O. The summed E-state index contributed by atoms with van der Waals surface area (Å²) in [5, 5.41) is 0. The number of aldehydes is 1. The molecular weight excluding hydrogens is 294 g/mol. The Kier molecular flexibility index (Phi) is 3.91. The summed E-state index contributed by atoms with van der Waals surface area (Å²) in [6.07, 6.45) is 4.59. The summed E-state index contributed by atoms with van der Waals surface area (Å²) < 4.78 is 2.89. The quantitative estimate of drug-likeness (QED) is 0.816. The van der Waals surface area contributed by atoms with Gasteiger partial charge in [-0.1, -0.05) is 0 Å². The maximum Gasteiger partial charge on any atom is 0.130 e. The minimum absolute atomic E-state index is 0.245. The fraction of sp³-hybridized carbons (Fsp3) is 0.308. The third kappa shape index (κ3) is 2.85. The number of hydrogen-bond acceptors (Lipinski definition) is 3. The average Bonchev–Trinajstić information content (AvgIpc) is 2.66. The summed E-state index contributed by atoms with van der Waals surface area (Å²) in [4.78, 5) is 19.8. The van der Waals surface area contributed by atoms with Gasteiger partial charge in [-0.15, -0.1) is 0 Å². The van der Waals surface area contributed by atoms with E-state index in [4.69, 9.17) is 0 Å². The predicted octanol–water partition coefficient (Wildman–Crippen LogP) is 2.64. The number of halogens is 1. The minimum atomic E-state index is -0.245. The predicted molar refractivity (Wildman–Crippen MR) is 72.4 cm³/mol. The highest BCUT2D eigenvalue weighted by molar-refractivity contribution is 9.10. The summed E-state index contributed by atoms with van der Waals surface area (Å²) in [5.41, 5.74) is 1.74. The van der Waals surface area contributed by atoms with Crippen molar-refractivity contribution in [1.82, 2.24) is 14.5 Å². The Hall–Kier alpha value is -1.49. The molecule has 0 spiro atoms. The smallest absolute Gasteiger partial charge is 0.130 e. The van der Waals surface area contributed by atoms with Gasteiger partial charge in [0.2, 0.25) is 0 Å². The molecule has 2 rings (SSSR count). The number of carbonyl (C=O) groups is 1. The maximum atomic E-state index is 11.2. The van der Waals surface area contributed by atoms with Crippen molar-refractivity contribution in [3.8, 4) is 0 Å². The number of aryl methyl sites for hydroxylation is 2. The normalized spacial score (nSPS) is 12.4. The van der Waals surface area contributed by atoms with Gasteiger partial charge in [0.1, 0.15) is 12.1 Å². The van der Waals surface area contributed by atoms with Gasteiger partial charge in [-0.2, -0.15) is 0 Å². The van der Waals surface area contributed by atoms with Crippen LogP contribution in [0.25, 0.3) is 0 Å². The lowest BCUT2D eigenvalue weighted by molar-refractivity contribution is -0.109. The van der Waals surface area contributed by atoms with E-state index < -0.39 is 0 Å². The van der Waals surface area contributed by atoms with Gasteiger partial charge in [-0.05, 0) is 41.9 Å². The van der Waals surface area contributed by atoms with Crippen LogP contribution in [0.1, 0.15) is 23.1 Å². The number of aromatic nitrogens is 3.